The lowest BCUT2D eigenvalue weighted by Gasteiger charge is -2.23. The molecule has 48 heavy (non-hydrogen) atoms. The normalized spacial score (nSPS) is 11.8. The summed E-state index contributed by atoms with van der Waals surface area (Å²) in [6.45, 7) is 20.8. The molecule has 0 radical (unpaired) electrons. The summed E-state index contributed by atoms with van der Waals surface area (Å²) in [7, 11) is 0. The van der Waals surface area contributed by atoms with E-state index in [1.165, 1.54) is 17.8 Å². The van der Waals surface area contributed by atoms with Gasteiger partial charge in [0.05, 0.1) is 10.6 Å². The van der Waals surface area contributed by atoms with E-state index in [4.69, 9.17) is 0 Å². The van der Waals surface area contributed by atoms with Crippen LogP contribution in [-0.4, -0.2) is 30.3 Å². The zero-order chi connectivity index (χ0) is 36.1. The summed E-state index contributed by atoms with van der Waals surface area (Å²) in [6, 6.07) is 26.2. The fourth-order valence-electron chi connectivity index (χ4n) is 4.55. The van der Waals surface area contributed by atoms with Crippen LogP contribution in [0.15, 0.2) is 84.9 Å². The fourth-order valence-corrected chi connectivity index (χ4v) is 5.70. The Hall–Kier alpha value is -4.23. The highest BCUT2D eigenvalue weighted by molar-refractivity contribution is 7.17. The summed E-state index contributed by atoms with van der Waals surface area (Å²) in [5.74, 6) is -0.307. The number of benzene rings is 3. The first-order valence-corrected chi connectivity index (χ1v) is 18.6. The maximum Gasteiger partial charge on any atom is 0.261 e. The van der Waals surface area contributed by atoms with Gasteiger partial charge >= 0.3 is 0 Å². The van der Waals surface area contributed by atoms with Crippen molar-refractivity contribution in [3.63, 3.8) is 0 Å². The second-order valence-electron chi connectivity index (χ2n) is 10.0. The fraction of sp³-hybridized carbons (Fsp3) is 0.390. The largest absolute Gasteiger partial charge is 0.349 e. The predicted molar refractivity (Wildman–Crippen MR) is 208 cm³/mol. The summed E-state index contributed by atoms with van der Waals surface area (Å²) >= 11 is 1.49. The molecule has 4 aromatic rings. The minimum absolute atomic E-state index is 0.00886. The van der Waals surface area contributed by atoms with Gasteiger partial charge in [-0.25, -0.2) is 0 Å². The van der Waals surface area contributed by atoms with Crippen molar-refractivity contribution in [3.8, 4) is 10.4 Å². The van der Waals surface area contributed by atoms with Gasteiger partial charge in [-0.3, -0.25) is 14.4 Å². The van der Waals surface area contributed by atoms with E-state index in [0.717, 1.165) is 39.4 Å². The second-order valence-corrected chi connectivity index (χ2v) is 11.1. The molecule has 6 rings (SSSR count). The summed E-state index contributed by atoms with van der Waals surface area (Å²) in [5, 5.41) is 5.95. The summed E-state index contributed by atoms with van der Waals surface area (Å²) in [5.41, 5.74) is 4.63. The van der Waals surface area contributed by atoms with Gasteiger partial charge in [-0.15, -0.1) is 11.3 Å². The number of fused-ring (bicyclic) bond motifs is 3. The van der Waals surface area contributed by atoms with Gasteiger partial charge in [-0.1, -0.05) is 112 Å². The average molecular weight is 672 g/mol. The molecule has 3 aromatic carbocycles. The van der Waals surface area contributed by atoms with Crippen molar-refractivity contribution in [2.24, 2.45) is 0 Å². The summed E-state index contributed by atoms with van der Waals surface area (Å²) in [4.78, 5) is 42.3. The SMILES string of the molecule is CC.CC.CC.CC.CCC.O=C(Nc1ccc(C(=O)N2CCc3cc(C(=O)NC4CC4)sc3-c3ccccc32)cc1)c1ccccc1. The summed E-state index contributed by atoms with van der Waals surface area (Å²) in [6.07, 6.45) is 4.02. The van der Waals surface area contributed by atoms with Crippen LogP contribution in [0.4, 0.5) is 11.4 Å². The van der Waals surface area contributed by atoms with Crippen LogP contribution in [0.25, 0.3) is 10.4 Å². The van der Waals surface area contributed by atoms with Gasteiger partial charge in [-0.05, 0) is 73.4 Å². The molecule has 1 aliphatic heterocycles. The van der Waals surface area contributed by atoms with Crippen LogP contribution >= 0.6 is 11.3 Å². The van der Waals surface area contributed by atoms with Crippen molar-refractivity contribution in [2.75, 3.05) is 16.8 Å². The lowest BCUT2D eigenvalue weighted by atomic mass is 10.1. The van der Waals surface area contributed by atoms with Gasteiger partial charge in [0, 0.05) is 39.8 Å². The number of hydrogen-bond acceptors (Lipinski definition) is 4. The quantitative estimate of drug-likeness (QED) is 0.222. The number of rotatable bonds is 5. The average Bonchev–Trinajstić information content (AvgIpc) is 3.90. The van der Waals surface area contributed by atoms with Crippen molar-refractivity contribution in [3.05, 3.63) is 106 Å². The number of anilines is 2. The third-order valence-electron chi connectivity index (χ3n) is 6.66. The molecule has 0 atom stereocenters. The van der Waals surface area contributed by atoms with Crippen LogP contribution in [0.2, 0.25) is 0 Å². The van der Waals surface area contributed by atoms with E-state index in [1.54, 1.807) is 36.4 Å². The molecule has 0 saturated heterocycles. The molecule has 0 spiro atoms. The molecule has 3 amide bonds. The van der Waals surface area contributed by atoms with Crippen molar-refractivity contribution >= 4 is 40.4 Å². The van der Waals surface area contributed by atoms with Crippen LogP contribution in [0, 0.1) is 0 Å². The highest BCUT2D eigenvalue weighted by atomic mass is 32.1. The van der Waals surface area contributed by atoms with E-state index in [0.29, 0.717) is 35.8 Å². The predicted octanol–water partition coefficient (Wildman–Crippen LogP) is 11.3. The molecule has 0 unspecified atom stereocenters. The first kappa shape index (κ1) is 41.8. The highest BCUT2D eigenvalue weighted by Gasteiger charge is 2.29. The zero-order valence-electron chi connectivity index (χ0n) is 30.8. The first-order chi connectivity index (χ1) is 23.5. The molecule has 1 fully saturated rings. The standard InChI is InChI=1S/C30H25N3O3S.C3H8.4C2H6/c34-28(19-6-2-1-3-7-19)31-22-12-10-20(11-13-22)30(36)33-17-16-21-18-26(29(35)32-23-14-15-23)37-27(21)24-8-4-5-9-25(24)33;1-3-2;4*1-2/h1-13,18,23H,14-17H2,(H,31,34)(H,32,35);3H2,1-2H3;4*1-2H3. The Morgan fingerprint density at radius 2 is 1.29 bits per heavy atom. The van der Waals surface area contributed by atoms with E-state index in [1.807, 2.05) is 109 Å². The van der Waals surface area contributed by atoms with Gasteiger partial charge in [0.1, 0.15) is 0 Å². The van der Waals surface area contributed by atoms with E-state index >= 15 is 0 Å². The topological polar surface area (TPSA) is 78.5 Å². The number of carbonyl (C=O) groups excluding carboxylic acids is 3. The maximum atomic E-state index is 13.6. The smallest absolute Gasteiger partial charge is 0.261 e. The van der Waals surface area contributed by atoms with E-state index in [-0.39, 0.29) is 17.7 Å². The highest BCUT2D eigenvalue weighted by Crippen LogP contribution is 2.42. The van der Waals surface area contributed by atoms with Gasteiger partial charge in [0.2, 0.25) is 0 Å². The Morgan fingerprint density at radius 1 is 0.729 bits per heavy atom. The molecule has 1 saturated carbocycles. The first-order valence-electron chi connectivity index (χ1n) is 17.8. The van der Waals surface area contributed by atoms with Gasteiger partial charge in [0.15, 0.2) is 0 Å². The monoisotopic (exact) mass is 671 g/mol. The van der Waals surface area contributed by atoms with Crippen LogP contribution < -0.4 is 15.5 Å². The number of nitrogens with zero attached hydrogens (tertiary/aromatic N) is 1. The molecule has 2 heterocycles. The van der Waals surface area contributed by atoms with Crippen molar-refractivity contribution < 1.29 is 14.4 Å². The molecule has 7 heteroatoms. The number of carbonyl (C=O) groups is 3. The molecular formula is C41H57N3O3S. The Bertz CT molecular complexity index is 1510. The second kappa shape index (κ2) is 23.2. The molecule has 6 nitrogen and oxygen atoms in total. The lowest BCUT2D eigenvalue weighted by molar-refractivity contribution is 0.0952. The molecule has 1 aromatic heterocycles. The third kappa shape index (κ3) is 11.8. The van der Waals surface area contributed by atoms with Gasteiger partial charge in [-0.2, -0.15) is 0 Å². The lowest BCUT2D eigenvalue weighted by Crippen LogP contribution is -2.32. The van der Waals surface area contributed by atoms with Crippen LogP contribution in [0.1, 0.15) is 124 Å². The minimum Gasteiger partial charge on any atom is -0.349 e. The molecule has 2 aliphatic rings. The van der Waals surface area contributed by atoms with E-state index < -0.39 is 0 Å². The minimum atomic E-state index is -0.197. The van der Waals surface area contributed by atoms with Gasteiger partial charge in [0.25, 0.3) is 17.7 Å². The van der Waals surface area contributed by atoms with Crippen molar-refractivity contribution in [1.82, 2.24) is 5.32 Å². The zero-order valence-corrected chi connectivity index (χ0v) is 31.6. The Balaban J connectivity index is 0.000000948. The Labute approximate surface area is 294 Å². The van der Waals surface area contributed by atoms with E-state index in [2.05, 4.69) is 24.5 Å². The summed E-state index contributed by atoms with van der Waals surface area (Å²) < 4.78 is 0. The number of amides is 3. The third-order valence-corrected chi connectivity index (χ3v) is 7.87. The molecule has 0 bridgehead atoms. The Morgan fingerprint density at radius 3 is 1.88 bits per heavy atom. The molecular weight excluding hydrogens is 615 g/mol. The van der Waals surface area contributed by atoms with E-state index in [9.17, 15) is 14.4 Å². The maximum absolute atomic E-state index is 13.6. The number of hydrogen-bond donors (Lipinski definition) is 2. The number of para-hydroxylation sites is 1. The Kier molecular flexibility index (Phi) is 20.2. The number of nitrogens with one attached hydrogen (secondary N) is 2. The van der Waals surface area contributed by atoms with Gasteiger partial charge < -0.3 is 15.5 Å². The molecule has 2 N–H and O–H groups in total. The molecule has 260 valence electrons. The van der Waals surface area contributed by atoms with Crippen molar-refractivity contribution in [2.45, 2.75) is 101 Å². The number of thiophene rings is 1. The van der Waals surface area contributed by atoms with Crippen LogP contribution in [0.3, 0.4) is 0 Å². The molecule has 1 aliphatic carbocycles. The van der Waals surface area contributed by atoms with Crippen LogP contribution in [0.5, 0.6) is 0 Å². The van der Waals surface area contributed by atoms with Crippen molar-refractivity contribution in [1.29, 1.82) is 0 Å². The van der Waals surface area contributed by atoms with Crippen LogP contribution in [-0.2, 0) is 6.42 Å².